The number of amides is 15. The van der Waals surface area contributed by atoms with Crippen molar-refractivity contribution in [3.8, 4) is 0 Å². The van der Waals surface area contributed by atoms with Gasteiger partial charge in [-0.2, -0.15) is 11.8 Å². The van der Waals surface area contributed by atoms with E-state index in [9.17, 15) is 92.0 Å². The molecule has 4 aliphatic heterocycles. The predicted octanol–water partition coefficient (Wildman–Crippen LogP) is -7.08. The fourth-order valence-corrected chi connectivity index (χ4v) is 16.0. The smallest absolute Gasteiger partial charge is 0.305 e. The van der Waals surface area contributed by atoms with E-state index >= 15 is 0 Å². The molecular weight excluding hydrogens is 1430 g/mol. The number of hydrogen-bond donors (Lipinski definition) is 18. The number of thioether (sulfide) groups is 1. The number of fused-ring (bicyclic) bond motifs is 10. The van der Waals surface area contributed by atoms with Crippen LogP contribution in [0.5, 0.6) is 0 Å². The molecule has 37 nitrogen and oxygen atoms in total. The van der Waals surface area contributed by atoms with Crippen LogP contribution >= 0.6 is 54.9 Å². The van der Waals surface area contributed by atoms with Crippen molar-refractivity contribution >= 4 is 150 Å². The lowest BCUT2D eigenvalue weighted by Gasteiger charge is -2.31. The molecule has 4 saturated heterocycles. The van der Waals surface area contributed by atoms with Crippen molar-refractivity contribution in [1.82, 2.24) is 83.6 Å². The van der Waals surface area contributed by atoms with Gasteiger partial charge in [-0.1, -0.05) is 77.3 Å². The Hall–Kier alpha value is -7.64. The van der Waals surface area contributed by atoms with Crippen molar-refractivity contribution in [2.75, 3.05) is 67.9 Å². The highest BCUT2D eigenvalue weighted by molar-refractivity contribution is 8.77. The van der Waals surface area contributed by atoms with Gasteiger partial charge in [0, 0.05) is 54.4 Å². The number of hydrogen-bond acceptors (Lipinski definition) is 25. The van der Waals surface area contributed by atoms with Gasteiger partial charge >= 0.3 is 5.97 Å². The highest BCUT2D eigenvalue weighted by atomic mass is 33.1. The van der Waals surface area contributed by atoms with Gasteiger partial charge in [0.15, 0.2) is 0 Å². The Labute approximate surface area is 601 Å². The summed E-state index contributed by atoms with van der Waals surface area (Å²) in [6, 6.07) is -22.0. The van der Waals surface area contributed by atoms with Gasteiger partial charge in [0.25, 0.3) is 0 Å². The van der Waals surface area contributed by atoms with E-state index in [0.717, 1.165) is 48.1 Å². The number of primary amides is 1. The van der Waals surface area contributed by atoms with Crippen LogP contribution in [-0.2, 0) is 83.1 Å². The van der Waals surface area contributed by atoms with Gasteiger partial charge in [-0.25, -0.2) is 4.98 Å². The number of carbonyl (C=O) groups excluding carboxylic acids is 15. The maximum absolute atomic E-state index is 14.8. The minimum atomic E-state index is -2.00. The van der Waals surface area contributed by atoms with E-state index in [-0.39, 0.29) is 63.1 Å². The first kappa shape index (κ1) is 84.0. The molecule has 0 radical (unpaired) electrons. The number of rotatable bonds is 15. The number of aliphatic hydroxyl groups is 2. The van der Waals surface area contributed by atoms with Crippen LogP contribution in [0.1, 0.15) is 85.3 Å². The number of aromatic amines is 1. The lowest BCUT2D eigenvalue weighted by atomic mass is 9.97. The van der Waals surface area contributed by atoms with Crippen LogP contribution < -0.4 is 75.3 Å². The second kappa shape index (κ2) is 41.5. The highest BCUT2D eigenvalue weighted by Crippen LogP contribution is 2.27. The molecule has 0 unspecified atom stereocenters. The number of nitrogens with two attached hydrogens (primary N) is 2. The Morgan fingerprint density at radius 1 is 0.614 bits per heavy atom. The third kappa shape index (κ3) is 25.1. The minimum absolute atomic E-state index is 0.0338. The number of nitrogens with one attached hydrogen (secondary N) is 13. The predicted molar refractivity (Wildman–Crippen MR) is 372 cm³/mol. The number of aliphatic hydroxyl groups excluding tert-OH is 2. The molecule has 1 aromatic rings. The van der Waals surface area contributed by atoms with Gasteiger partial charge < -0.3 is 105 Å². The first-order valence-corrected chi connectivity index (χ1v) is 39.0. The SMILES string of the molecule is CC[C@H](C)[C@@H]1NC(=O)[C@@H]2CCCN2C(=O)[C@H](CO)NC(=O)[C@H](CCSC)NC(=O)[C@H](C)NC(=O)[C@H](CC(=O)O)NC(=O)[C@@H]2CSSC[C@H](NC(=O)CN)C(=O)N[C@@H](CSSC[C@@H](C(N)=O)NC1=O)C(=O)N[C@@H](CO)C(=O)N[C@@H](Cc1cnc[nH]1)C(=O)N1CCC[C@H]1C(=O)N[C@H](C(C)C)C(=O)N2. The van der Waals surface area contributed by atoms with Crippen LogP contribution in [0.25, 0.3) is 0 Å². The van der Waals surface area contributed by atoms with Crippen molar-refractivity contribution in [3.05, 3.63) is 18.2 Å². The molecule has 20 N–H and O–H groups in total. The van der Waals surface area contributed by atoms with Crippen molar-refractivity contribution in [2.45, 2.75) is 171 Å². The first-order valence-electron chi connectivity index (χ1n) is 32.6. The number of imidazole rings is 1. The average Bonchev–Trinajstić information content (AvgIpc) is 1.75. The zero-order valence-electron chi connectivity index (χ0n) is 56.5. The molecular formula is C59H92N18O19S5. The van der Waals surface area contributed by atoms with Crippen molar-refractivity contribution in [3.63, 3.8) is 0 Å². The van der Waals surface area contributed by atoms with E-state index in [1.54, 1.807) is 34.0 Å². The number of carbonyl (C=O) groups is 16. The Morgan fingerprint density at radius 2 is 1.12 bits per heavy atom. The summed E-state index contributed by atoms with van der Waals surface area (Å²) < 4.78 is 0. The molecule has 15 atom stereocenters. The third-order valence-corrected chi connectivity index (χ3v) is 22.3. The van der Waals surface area contributed by atoms with E-state index < -0.39 is 234 Å². The quantitative estimate of drug-likeness (QED) is 0.0726. The molecule has 5 heterocycles. The van der Waals surface area contributed by atoms with E-state index in [4.69, 9.17) is 11.5 Å². The van der Waals surface area contributed by atoms with Gasteiger partial charge in [0.05, 0.1) is 32.5 Å². The summed E-state index contributed by atoms with van der Waals surface area (Å²) in [6.45, 7) is 4.82. The first-order chi connectivity index (χ1) is 48.0. The van der Waals surface area contributed by atoms with Gasteiger partial charge in [-0.15, -0.1) is 0 Å². The van der Waals surface area contributed by atoms with Crippen LogP contribution in [0.15, 0.2) is 12.5 Å². The largest absolute Gasteiger partial charge is 0.481 e. The molecule has 0 aliphatic carbocycles. The molecule has 0 spiro atoms. The molecule has 4 aliphatic rings. The van der Waals surface area contributed by atoms with E-state index in [1.807, 2.05) is 0 Å². The van der Waals surface area contributed by atoms with Crippen LogP contribution in [0.3, 0.4) is 0 Å². The molecule has 4 fully saturated rings. The van der Waals surface area contributed by atoms with E-state index in [0.29, 0.717) is 12.1 Å². The summed E-state index contributed by atoms with van der Waals surface area (Å²) in [4.78, 5) is 234. The summed E-state index contributed by atoms with van der Waals surface area (Å²) in [5.74, 6) is -19.3. The van der Waals surface area contributed by atoms with Gasteiger partial charge in [0.1, 0.15) is 84.6 Å². The second-order valence-corrected chi connectivity index (χ2v) is 30.7. The maximum Gasteiger partial charge on any atom is 0.305 e. The van der Waals surface area contributed by atoms with Crippen LogP contribution in [0, 0.1) is 11.8 Å². The van der Waals surface area contributed by atoms with E-state index in [1.165, 1.54) is 36.1 Å². The number of carboxylic acids is 1. The average molecular weight is 1520 g/mol. The van der Waals surface area contributed by atoms with Crippen molar-refractivity contribution < 1.29 is 92.0 Å². The summed E-state index contributed by atoms with van der Waals surface area (Å²) in [6.07, 6.45) is 3.83. The monoisotopic (exact) mass is 1520 g/mol. The zero-order chi connectivity index (χ0) is 74.8. The summed E-state index contributed by atoms with van der Waals surface area (Å²) in [5, 5.41) is 61.3. The third-order valence-electron chi connectivity index (χ3n) is 16.8. The topological polar surface area (TPSA) is 565 Å². The van der Waals surface area contributed by atoms with Gasteiger partial charge in [0.2, 0.25) is 88.6 Å². The Bertz CT molecular complexity index is 3140. The normalized spacial score (nSPS) is 29.0. The lowest BCUT2D eigenvalue weighted by Crippen LogP contribution is -2.62. The fraction of sp³-hybridized carbons (Fsp3) is 0.678. The number of aliphatic carboxylic acids is 1. The zero-order valence-corrected chi connectivity index (χ0v) is 60.6. The molecule has 101 heavy (non-hydrogen) atoms. The van der Waals surface area contributed by atoms with Crippen LogP contribution in [-0.4, -0.2) is 282 Å². The lowest BCUT2D eigenvalue weighted by molar-refractivity contribution is -0.143. The molecule has 42 heteroatoms. The molecule has 2 bridgehead atoms. The minimum Gasteiger partial charge on any atom is -0.481 e. The fourth-order valence-electron chi connectivity index (χ4n) is 10.8. The number of aromatic nitrogens is 2. The Morgan fingerprint density at radius 3 is 1.65 bits per heavy atom. The maximum atomic E-state index is 14.8. The van der Waals surface area contributed by atoms with Crippen LogP contribution in [0.4, 0.5) is 0 Å². The molecule has 0 saturated carbocycles. The van der Waals surface area contributed by atoms with Crippen molar-refractivity contribution in [2.24, 2.45) is 23.3 Å². The standard InChI is InChI=1S/C59H92N18O19S5/c1-7-28(4)45-57(94)71-36(46(61)83)22-98-100-24-38-53(90)69-34(20-78)50(87)68-33(16-30-19-62-26-63-30)58(95)76-13-8-10-40(76)54(91)74-44(27(2)3)56(93)73-39(25-101-99-23-37(51(88)72-38)65-42(80)18-60)52(89)67-32(17-43(81)82)49(86)64-29(5)47(84)66-31(12-15-97-6)48(85)70-35(21-79)59(96)77-14-9-11-41(77)55(92)75-45/h19,26-29,31-41,44-45,78-79H,7-18,20-25,60H2,1-6H3,(H2,61,83)(H,62,63)(H,64,86)(H,65,80)(H,66,84)(H,67,89)(H,68,87)(H,69,90)(H,70,85)(H,71,94)(H,72,88)(H,73,93)(H,74,91)(H,75,92)(H,81,82)/t28-,29-,31-,32-,33-,34-,35-,36-,37-,38-,39-,40-,41-,44+,45-/m0/s1. The van der Waals surface area contributed by atoms with Crippen molar-refractivity contribution in [1.29, 1.82) is 0 Å². The van der Waals surface area contributed by atoms with Crippen LogP contribution in [0.2, 0.25) is 0 Å². The summed E-state index contributed by atoms with van der Waals surface area (Å²) in [5.41, 5.74) is 11.8. The van der Waals surface area contributed by atoms with Gasteiger partial charge in [-0.05, 0) is 62.9 Å². The molecule has 15 amide bonds. The summed E-state index contributed by atoms with van der Waals surface area (Å²) >= 11 is 1.27. The number of H-pyrrole nitrogens is 1. The number of nitrogens with zero attached hydrogens (tertiary/aromatic N) is 3. The summed E-state index contributed by atoms with van der Waals surface area (Å²) in [7, 11) is 3.31. The molecule has 1 aromatic heterocycles. The number of carboxylic acid groups (broad SMARTS) is 1. The van der Waals surface area contributed by atoms with E-state index in [2.05, 4.69) is 73.8 Å². The Kier molecular flexibility index (Phi) is 34.5. The highest BCUT2D eigenvalue weighted by Gasteiger charge is 2.44. The molecule has 5 rings (SSSR count). The Balaban J connectivity index is 1.64. The second-order valence-electron chi connectivity index (χ2n) is 24.6. The van der Waals surface area contributed by atoms with Gasteiger partial charge in [-0.3, -0.25) is 76.7 Å². The molecule has 562 valence electrons. The molecule has 0 aromatic carbocycles.